The monoisotopic (exact) mass is 340 g/mol. The first kappa shape index (κ1) is 15.5. The molecule has 0 unspecified atom stereocenters. The van der Waals surface area contributed by atoms with Crippen LogP contribution in [-0.2, 0) is 14.0 Å². The van der Waals surface area contributed by atoms with Gasteiger partial charge in [-0.05, 0) is 51.4 Å². The Morgan fingerprint density at radius 2 is 1.70 bits per heavy atom. The zero-order chi connectivity index (χ0) is 15.1. The van der Waals surface area contributed by atoms with Crippen LogP contribution >= 0.6 is 15.9 Å². The summed E-state index contributed by atoms with van der Waals surface area (Å²) in [5.74, 6) is -0.385. The molecule has 0 aliphatic carbocycles. The molecule has 0 amide bonds. The second-order valence-electron chi connectivity index (χ2n) is 5.85. The van der Waals surface area contributed by atoms with E-state index in [9.17, 15) is 4.79 Å². The van der Waals surface area contributed by atoms with Gasteiger partial charge in [-0.15, -0.1) is 0 Å². The van der Waals surface area contributed by atoms with Crippen molar-refractivity contribution in [2.75, 3.05) is 7.11 Å². The highest BCUT2D eigenvalue weighted by Gasteiger charge is 2.51. The van der Waals surface area contributed by atoms with Crippen LogP contribution in [0.3, 0.4) is 0 Å². The van der Waals surface area contributed by atoms with E-state index in [1.807, 2.05) is 33.8 Å². The molecule has 0 atom stereocenters. The lowest BCUT2D eigenvalue weighted by Crippen LogP contribution is -2.41. The Morgan fingerprint density at radius 1 is 1.15 bits per heavy atom. The molecule has 0 radical (unpaired) electrons. The number of halogens is 1. The molecule has 0 spiro atoms. The van der Waals surface area contributed by atoms with Crippen molar-refractivity contribution in [1.29, 1.82) is 0 Å². The van der Waals surface area contributed by atoms with Crippen LogP contribution in [0, 0.1) is 0 Å². The number of ether oxygens (including phenoxy) is 1. The zero-order valence-corrected chi connectivity index (χ0v) is 13.9. The third kappa shape index (κ3) is 2.78. The molecule has 1 fully saturated rings. The average molecular weight is 341 g/mol. The average Bonchev–Trinajstić information content (AvgIpc) is 2.57. The number of esters is 1. The van der Waals surface area contributed by atoms with Crippen molar-refractivity contribution in [2.45, 2.75) is 38.9 Å². The predicted octanol–water partition coefficient (Wildman–Crippen LogP) is 2.53. The summed E-state index contributed by atoms with van der Waals surface area (Å²) in [4.78, 5) is 11.7. The number of carbonyl (C=O) groups is 1. The Hall–Kier alpha value is -0.845. The minimum absolute atomic E-state index is 0.385. The van der Waals surface area contributed by atoms with Crippen molar-refractivity contribution in [3.05, 3.63) is 28.2 Å². The summed E-state index contributed by atoms with van der Waals surface area (Å²) in [6.07, 6.45) is 0. The molecular formula is C14H18BBrO4. The molecular weight excluding hydrogens is 323 g/mol. The van der Waals surface area contributed by atoms with Gasteiger partial charge in [-0.3, -0.25) is 0 Å². The van der Waals surface area contributed by atoms with Gasteiger partial charge >= 0.3 is 13.1 Å². The standard InChI is InChI=1S/C14H18BBrO4/c1-13(2)14(3,4)20-15(19-13)10-6-9(12(17)18-5)7-11(16)8-10/h6-8H,1-5H3. The van der Waals surface area contributed by atoms with Gasteiger partial charge in [-0.1, -0.05) is 15.9 Å². The van der Waals surface area contributed by atoms with E-state index in [0.717, 1.165) is 9.94 Å². The van der Waals surface area contributed by atoms with Crippen molar-refractivity contribution in [3.63, 3.8) is 0 Å². The van der Waals surface area contributed by atoms with E-state index in [-0.39, 0.29) is 5.97 Å². The SMILES string of the molecule is COC(=O)c1cc(Br)cc(B2OC(C)(C)C(C)(C)O2)c1. The van der Waals surface area contributed by atoms with Gasteiger partial charge in [0.1, 0.15) is 0 Å². The molecule has 6 heteroatoms. The Labute approximate surface area is 128 Å². The molecule has 0 aromatic heterocycles. The first-order valence-corrected chi connectivity index (χ1v) is 7.20. The van der Waals surface area contributed by atoms with Crippen molar-refractivity contribution in [2.24, 2.45) is 0 Å². The number of benzene rings is 1. The molecule has 1 aliphatic rings. The third-order valence-electron chi connectivity index (χ3n) is 3.87. The minimum Gasteiger partial charge on any atom is -0.465 e. The molecule has 4 nitrogen and oxygen atoms in total. The van der Waals surface area contributed by atoms with Crippen LogP contribution in [-0.4, -0.2) is 31.4 Å². The van der Waals surface area contributed by atoms with Crippen LogP contribution in [0.4, 0.5) is 0 Å². The summed E-state index contributed by atoms with van der Waals surface area (Å²) in [6, 6.07) is 5.33. The second kappa shape index (κ2) is 5.17. The number of carbonyl (C=O) groups excluding carboxylic acids is 1. The minimum atomic E-state index is -0.499. The Kier molecular flexibility index (Phi) is 4.02. The second-order valence-corrected chi connectivity index (χ2v) is 6.77. The summed E-state index contributed by atoms with van der Waals surface area (Å²) in [5.41, 5.74) is 0.432. The van der Waals surface area contributed by atoms with Crippen molar-refractivity contribution >= 4 is 34.5 Å². The van der Waals surface area contributed by atoms with Crippen molar-refractivity contribution < 1.29 is 18.8 Å². The van der Waals surface area contributed by atoms with Crippen LogP contribution in [0.2, 0.25) is 0 Å². The van der Waals surface area contributed by atoms with Crippen LogP contribution < -0.4 is 5.46 Å². The number of hydrogen-bond donors (Lipinski definition) is 0. The topological polar surface area (TPSA) is 44.8 Å². The highest BCUT2D eigenvalue weighted by Crippen LogP contribution is 2.36. The lowest BCUT2D eigenvalue weighted by molar-refractivity contribution is 0.00578. The van der Waals surface area contributed by atoms with Gasteiger partial charge in [-0.25, -0.2) is 4.79 Å². The molecule has 108 valence electrons. The molecule has 1 heterocycles. The zero-order valence-electron chi connectivity index (χ0n) is 12.3. The largest absolute Gasteiger partial charge is 0.494 e. The summed E-state index contributed by atoms with van der Waals surface area (Å²) in [7, 11) is 0.860. The van der Waals surface area contributed by atoms with E-state index < -0.39 is 18.3 Å². The van der Waals surface area contributed by atoms with E-state index in [0.29, 0.717) is 5.56 Å². The van der Waals surface area contributed by atoms with Crippen LogP contribution in [0.15, 0.2) is 22.7 Å². The molecule has 0 saturated carbocycles. The summed E-state index contributed by atoms with van der Waals surface area (Å²) >= 11 is 3.40. The lowest BCUT2D eigenvalue weighted by atomic mass is 9.78. The molecule has 1 aromatic rings. The summed E-state index contributed by atoms with van der Waals surface area (Å²) in [6.45, 7) is 7.97. The normalized spacial score (nSPS) is 20.0. The van der Waals surface area contributed by atoms with E-state index in [1.54, 1.807) is 12.1 Å². The van der Waals surface area contributed by atoms with Crippen molar-refractivity contribution in [3.8, 4) is 0 Å². The van der Waals surface area contributed by atoms with Gasteiger partial charge in [0.15, 0.2) is 0 Å². The maximum atomic E-state index is 11.7. The predicted molar refractivity (Wildman–Crippen MR) is 81.2 cm³/mol. The maximum Gasteiger partial charge on any atom is 0.494 e. The van der Waals surface area contributed by atoms with E-state index in [4.69, 9.17) is 14.0 Å². The highest BCUT2D eigenvalue weighted by atomic mass is 79.9. The summed E-state index contributed by atoms with van der Waals surface area (Å²) in [5, 5.41) is 0. The number of methoxy groups -OCH3 is 1. The van der Waals surface area contributed by atoms with Gasteiger partial charge in [0.25, 0.3) is 0 Å². The lowest BCUT2D eigenvalue weighted by Gasteiger charge is -2.32. The van der Waals surface area contributed by atoms with Gasteiger partial charge in [-0.2, -0.15) is 0 Å². The first-order chi connectivity index (χ1) is 9.16. The Balaban J connectivity index is 2.35. The van der Waals surface area contributed by atoms with E-state index in [2.05, 4.69) is 15.9 Å². The molecule has 1 aromatic carbocycles. The molecule has 2 rings (SSSR count). The third-order valence-corrected chi connectivity index (χ3v) is 4.32. The smallest absolute Gasteiger partial charge is 0.465 e. The van der Waals surface area contributed by atoms with Gasteiger partial charge in [0.2, 0.25) is 0 Å². The molecule has 1 saturated heterocycles. The fourth-order valence-corrected chi connectivity index (χ4v) is 2.47. The molecule has 20 heavy (non-hydrogen) atoms. The summed E-state index contributed by atoms with van der Waals surface area (Å²) < 4.78 is 17.5. The van der Waals surface area contributed by atoms with Crippen molar-refractivity contribution in [1.82, 2.24) is 0 Å². The van der Waals surface area contributed by atoms with Gasteiger partial charge in [0.05, 0.1) is 23.9 Å². The molecule has 0 N–H and O–H groups in total. The van der Waals surface area contributed by atoms with Crippen LogP contribution in [0.1, 0.15) is 38.1 Å². The molecule has 1 aliphatic heterocycles. The van der Waals surface area contributed by atoms with E-state index in [1.165, 1.54) is 7.11 Å². The van der Waals surface area contributed by atoms with Gasteiger partial charge in [0, 0.05) is 4.47 Å². The highest BCUT2D eigenvalue weighted by molar-refractivity contribution is 9.10. The Morgan fingerprint density at radius 3 is 2.20 bits per heavy atom. The first-order valence-electron chi connectivity index (χ1n) is 6.41. The fraction of sp³-hybridized carbons (Fsp3) is 0.500. The van der Waals surface area contributed by atoms with Gasteiger partial charge < -0.3 is 14.0 Å². The van der Waals surface area contributed by atoms with Crippen LogP contribution in [0.25, 0.3) is 0 Å². The Bertz CT molecular complexity index is 526. The quantitative estimate of drug-likeness (QED) is 0.613. The number of rotatable bonds is 2. The van der Waals surface area contributed by atoms with Crippen LogP contribution in [0.5, 0.6) is 0 Å². The maximum absolute atomic E-state index is 11.7. The number of hydrogen-bond acceptors (Lipinski definition) is 4. The van der Waals surface area contributed by atoms with E-state index >= 15 is 0 Å². The fourth-order valence-electron chi connectivity index (χ4n) is 1.96. The molecule has 0 bridgehead atoms.